The van der Waals surface area contributed by atoms with Gasteiger partial charge in [0.25, 0.3) is 5.91 Å². The monoisotopic (exact) mass is 609 g/mol. The lowest BCUT2D eigenvalue weighted by Crippen LogP contribution is -2.52. The van der Waals surface area contributed by atoms with Crippen LogP contribution in [0.1, 0.15) is 46.8 Å². The van der Waals surface area contributed by atoms with Gasteiger partial charge in [-0.05, 0) is 67.2 Å². The van der Waals surface area contributed by atoms with Crippen LogP contribution < -0.4 is 9.47 Å². The van der Waals surface area contributed by atoms with Crippen LogP contribution in [0.25, 0.3) is 0 Å². The van der Waals surface area contributed by atoms with Gasteiger partial charge in [-0.15, -0.1) is 0 Å². The van der Waals surface area contributed by atoms with Crippen LogP contribution in [-0.4, -0.2) is 73.5 Å². The summed E-state index contributed by atoms with van der Waals surface area (Å²) in [5.74, 6) is 1.39. The van der Waals surface area contributed by atoms with E-state index in [1.807, 2.05) is 17.0 Å². The predicted molar refractivity (Wildman–Crippen MR) is 165 cm³/mol. The smallest absolute Gasteiger partial charge is 0.254 e. The summed E-state index contributed by atoms with van der Waals surface area (Å²) >= 11 is 12.6. The highest BCUT2D eigenvalue weighted by molar-refractivity contribution is 6.42. The van der Waals surface area contributed by atoms with E-state index in [1.54, 1.807) is 49.5 Å². The van der Waals surface area contributed by atoms with Crippen molar-refractivity contribution in [2.24, 2.45) is 5.92 Å². The van der Waals surface area contributed by atoms with Crippen LogP contribution in [-0.2, 0) is 11.3 Å². The summed E-state index contributed by atoms with van der Waals surface area (Å²) in [7, 11) is 3.11. The van der Waals surface area contributed by atoms with Crippen LogP contribution in [0.2, 0.25) is 10.0 Å². The van der Waals surface area contributed by atoms with E-state index in [0.29, 0.717) is 59.1 Å². The van der Waals surface area contributed by atoms with Crippen molar-refractivity contribution in [1.82, 2.24) is 14.7 Å². The van der Waals surface area contributed by atoms with Crippen molar-refractivity contribution in [3.63, 3.8) is 0 Å². The molecule has 5 rings (SSSR count). The van der Waals surface area contributed by atoms with Crippen LogP contribution in [0.4, 0.5) is 0 Å². The molecule has 3 aromatic rings. The molecule has 1 unspecified atom stereocenters. The second kappa shape index (κ2) is 13.8. The highest BCUT2D eigenvalue weighted by Crippen LogP contribution is 2.34. The molecule has 2 saturated heterocycles. The fourth-order valence-electron chi connectivity index (χ4n) is 5.94. The van der Waals surface area contributed by atoms with E-state index in [-0.39, 0.29) is 17.9 Å². The molecule has 0 aliphatic carbocycles. The summed E-state index contributed by atoms with van der Waals surface area (Å²) in [4.78, 5) is 33.6. The van der Waals surface area contributed by atoms with Crippen LogP contribution in [0.15, 0.2) is 66.7 Å². The Kier molecular flexibility index (Phi) is 9.93. The maximum Gasteiger partial charge on any atom is 0.254 e. The first-order chi connectivity index (χ1) is 20.3. The van der Waals surface area contributed by atoms with Crippen molar-refractivity contribution >= 4 is 35.0 Å². The van der Waals surface area contributed by atoms with Gasteiger partial charge in [-0.25, -0.2) is 0 Å². The van der Waals surface area contributed by atoms with Gasteiger partial charge in [-0.2, -0.15) is 0 Å². The van der Waals surface area contributed by atoms with Gasteiger partial charge in [0, 0.05) is 44.2 Å². The molecule has 0 aromatic heterocycles. The van der Waals surface area contributed by atoms with Crippen molar-refractivity contribution in [2.45, 2.75) is 31.8 Å². The van der Waals surface area contributed by atoms with E-state index in [1.165, 1.54) is 5.56 Å². The molecule has 0 radical (unpaired) electrons. The zero-order chi connectivity index (χ0) is 29.6. The number of hydrogen-bond donors (Lipinski definition) is 0. The Morgan fingerprint density at radius 1 is 0.833 bits per heavy atom. The zero-order valence-electron chi connectivity index (χ0n) is 24.1. The number of methoxy groups -OCH3 is 2. The molecule has 2 fully saturated rings. The number of nitrogens with zero attached hydrogens (tertiary/aromatic N) is 3. The van der Waals surface area contributed by atoms with Crippen molar-refractivity contribution in [3.05, 3.63) is 93.5 Å². The molecule has 7 nitrogen and oxygen atoms in total. The third-order valence-corrected chi connectivity index (χ3v) is 9.07. The molecule has 0 spiro atoms. The summed E-state index contributed by atoms with van der Waals surface area (Å²) in [5.41, 5.74) is 2.65. The van der Waals surface area contributed by atoms with Gasteiger partial charge in [0.1, 0.15) is 11.5 Å². The number of ether oxygens (including phenoxy) is 2. The molecule has 2 amide bonds. The maximum atomic E-state index is 13.8. The SMILES string of the molecule is COc1cc(OC)cc(C(=O)N2CCN(C(=O)CC3CCN(Cc4ccccc4)CC3)C(c3ccc(Cl)c(Cl)c3)C2)c1. The lowest BCUT2D eigenvalue weighted by Gasteiger charge is -2.42. The summed E-state index contributed by atoms with van der Waals surface area (Å²) in [6, 6.07) is 20.8. The van der Waals surface area contributed by atoms with Crippen molar-refractivity contribution < 1.29 is 19.1 Å². The third-order valence-electron chi connectivity index (χ3n) is 8.33. The Bertz CT molecular complexity index is 1370. The van der Waals surface area contributed by atoms with Gasteiger partial charge < -0.3 is 19.3 Å². The van der Waals surface area contributed by atoms with E-state index in [2.05, 4.69) is 29.2 Å². The number of carbonyl (C=O) groups is 2. The number of hydrogen-bond acceptors (Lipinski definition) is 5. The number of amides is 2. The maximum absolute atomic E-state index is 13.8. The van der Waals surface area contributed by atoms with Crippen molar-refractivity contribution in [3.8, 4) is 11.5 Å². The summed E-state index contributed by atoms with van der Waals surface area (Å²) in [6.07, 6.45) is 2.48. The van der Waals surface area contributed by atoms with Gasteiger partial charge in [0.2, 0.25) is 5.91 Å². The van der Waals surface area contributed by atoms with E-state index >= 15 is 0 Å². The van der Waals surface area contributed by atoms with E-state index < -0.39 is 0 Å². The normalized spacial score (nSPS) is 18.1. The molecule has 0 N–H and O–H groups in total. The van der Waals surface area contributed by atoms with E-state index in [4.69, 9.17) is 32.7 Å². The first-order valence-electron chi connectivity index (χ1n) is 14.4. The van der Waals surface area contributed by atoms with Crippen molar-refractivity contribution in [2.75, 3.05) is 46.9 Å². The molecule has 9 heteroatoms. The fourth-order valence-corrected chi connectivity index (χ4v) is 6.25. The minimum Gasteiger partial charge on any atom is -0.497 e. The minimum absolute atomic E-state index is 0.114. The van der Waals surface area contributed by atoms with Crippen molar-refractivity contribution in [1.29, 1.82) is 0 Å². The second-order valence-corrected chi connectivity index (χ2v) is 11.9. The number of carbonyl (C=O) groups excluding carboxylic acids is 2. The molecule has 1 atom stereocenters. The van der Waals surface area contributed by atoms with Gasteiger partial charge in [-0.1, -0.05) is 59.6 Å². The summed E-state index contributed by atoms with van der Waals surface area (Å²) in [6.45, 7) is 4.11. The van der Waals surface area contributed by atoms with Crippen LogP contribution in [0, 0.1) is 5.92 Å². The van der Waals surface area contributed by atoms with Crippen LogP contribution in [0.3, 0.4) is 0 Å². The molecule has 2 aliphatic rings. The van der Waals surface area contributed by atoms with Crippen LogP contribution in [0.5, 0.6) is 11.5 Å². The topological polar surface area (TPSA) is 62.3 Å². The standard InChI is InChI=1S/C33H37Cl2N3O4/c1-41-27-17-26(18-28(20-27)42-2)33(40)37-14-15-38(31(22-37)25-8-9-29(34)30(35)19-25)32(39)16-23-10-12-36(13-11-23)21-24-6-4-3-5-7-24/h3-9,17-20,23,31H,10-16,21-22H2,1-2H3. The predicted octanol–water partition coefficient (Wildman–Crippen LogP) is 6.34. The first-order valence-corrected chi connectivity index (χ1v) is 15.1. The quantitative estimate of drug-likeness (QED) is 0.298. The van der Waals surface area contributed by atoms with Gasteiger partial charge in [0.15, 0.2) is 0 Å². The second-order valence-electron chi connectivity index (χ2n) is 11.0. The highest BCUT2D eigenvalue weighted by Gasteiger charge is 2.35. The molecule has 2 aliphatic heterocycles. The number of piperidine rings is 1. The molecule has 0 saturated carbocycles. The van der Waals surface area contributed by atoms with Gasteiger partial charge in [0.05, 0.1) is 30.3 Å². The largest absolute Gasteiger partial charge is 0.497 e. The van der Waals surface area contributed by atoms with E-state index in [0.717, 1.165) is 38.0 Å². The molecule has 2 heterocycles. The Balaban J connectivity index is 1.28. The first kappa shape index (κ1) is 30.2. The lowest BCUT2D eigenvalue weighted by atomic mass is 9.91. The van der Waals surface area contributed by atoms with Crippen LogP contribution >= 0.6 is 23.2 Å². The molecule has 222 valence electrons. The van der Waals surface area contributed by atoms with Gasteiger partial charge >= 0.3 is 0 Å². The third kappa shape index (κ3) is 7.20. The number of benzene rings is 3. The minimum atomic E-state index is -0.337. The Morgan fingerprint density at radius 3 is 2.17 bits per heavy atom. The molecule has 0 bridgehead atoms. The Morgan fingerprint density at radius 2 is 1.52 bits per heavy atom. The number of piperazine rings is 1. The average Bonchev–Trinajstić information content (AvgIpc) is 3.02. The van der Waals surface area contributed by atoms with Gasteiger partial charge in [-0.3, -0.25) is 14.5 Å². The average molecular weight is 611 g/mol. The number of rotatable bonds is 8. The molecule has 42 heavy (non-hydrogen) atoms. The summed E-state index contributed by atoms with van der Waals surface area (Å²) < 4.78 is 10.7. The fraction of sp³-hybridized carbons (Fsp3) is 0.394. The van der Waals surface area contributed by atoms with E-state index in [9.17, 15) is 9.59 Å². The molecular formula is C33H37Cl2N3O4. The molecular weight excluding hydrogens is 573 g/mol. The lowest BCUT2D eigenvalue weighted by molar-refractivity contribution is -0.137. The zero-order valence-corrected chi connectivity index (χ0v) is 25.6. The number of likely N-dealkylation sites (tertiary alicyclic amines) is 1. The molecule has 3 aromatic carbocycles. The highest BCUT2D eigenvalue weighted by atomic mass is 35.5. The Labute approximate surface area is 257 Å². The number of halogens is 2. The Hall–Kier alpha value is -3.26. The summed E-state index contributed by atoms with van der Waals surface area (Å²) in [5, 5.41) is 0.876.